The molecule has 0 atom stereocenters. The minimum absolute atomic E-state index is 0.113. The van der Waals surface area contributed by atoms with E-state index in [1.165, 1.54) is 35.7 Å². The van der Waals surface area contributed by atoms with Crippen molar-refractivity contribution < 1.29 is 13.2 Å². The molecule has 0 spiro atoms. The Labute approximate surface area is 119 Å². The fourth-order valence-corrected chi connectivity index (χ4v) is 2.82. The normalized spacial score (nSPS) is 10.7. The van der Waals surface area contributed by atoms with Crippen LogP contribution in [0.15, 0.2) is 29.2 Å². The molecule has 106 valence electrons. The zero-order valence-corrected chi connectivity index (χ0v) is 12.3. The fraction of sp³-hybridized carbons (Fsp3) is 0.357. The Kier molecular flexibility index (Phi) is 6.20. The van der Waals surface area contributed by atoms with Gasteiger partial charge >= 0.3 is 0 Å². The lowest BCUT2D eigenvalue weighted by molar-refractivity contribution is 0.182. The molecule has 0 radical (unpaired) electrons. The maximum absolute atomic E-state index is 12.5. The standard InChI is InChI=1S/C14H16N2O3S/c1-3-4-9-16(10-11-19-2)20(17,18)14-7-5-13(12-15)6-8-14/h5-8H,9-11H2,1-2H3. The highest BCUT2D eigenvalue weighted by molar-refractivity contribution is 7.89. The van der Waals surface area contributed by atoms with Crippen LogP contribution in [0, 0.1) is 23.2 Å². The summed E-state index contributed by atoms with van der Waals surface area (Å²) in [6.45, 7) is 2.29. The average Bonchev–Trinajstić information content (AvgIpc) is 2.47. The van der Waals surface area contributed by atoms with E-state index in [1.54, 1.807) is 6.92 Å². The van der Waals surface area contributed by atoms with Crippen LogP contribution < -0.4 is 0 Å². The maximum Gasteiger partial charge on any atom is 0.244 e. The topological polar surface area (TPSA) is 70.4 Å². The van der Waals surface area contributed by atoms with Crippen LogP contribution in [-0.4, -0.2) is 39.5 Å². The van der Waals surface area contributed by atoms with Crippen LogP contribution in [-0.2, 0) is 14.8 Å². The van der Waals surface area contributed by atoms with Gasteiger partial charge in [0.25, 0.3) is 0 Å². The van der Waals surface area contributed by atoms with Crippen LogP contribution in [0.4, 0.5) is 0 Å². The molecule has 1 rings (SSSR count). The first-order valence-corrected chi connectivity index (χ1v) is 7.39. The first-order chi connectivity index (χ1) is 9.56. The van der Waals surface area contributed by atoms with E-state index in [1.807, 2.05) is 6.07 Å². The van der Waals surface area contributed by atoms with Crippen molar-refractivity contribution in [2.24, 2.45) is 0 Å². The highest BCUT2D eigenvalue weighted by Gasteiger charge is 2.23. The molecule has 0 saturated heterocycles. The smallest absolute Gasteiger partial charge is 0.244 e. The second kappa shape index (κ2) is 7.66. The molecular weight excluding hydrogens is 276 g/mol. The van der Waals surface area contributed by atoms with Gasteiger partial charge in [-0.05, 0) is 31.2 Å². The molecule has 0 amide bonds. The fourth-order valence-electron chi connectivity index (χ4n) is 1.50. The first-order valence-electron chi connectivity index (χ1n) is 5.95. The van der Waals surface area contributed by atoms with Gasteiger partial charge in [0.05, 0.1) is 29.7 Å². The molecule has 1 aromatic rings. The first kappa shape index (κ1) is 16.2. The van der Waals surface area contributed by atoms with Crippen LogP contribution in [0.1, 0.15) is 12.5 Å². The Morgan fingerprint density at radius 2 is 1.95 bits per heavy atom. The number of hydrogen-bond donors (Lipinski definition) is 0. The Morgan fingerprint density at radius 1 is 1.30 bits per heavy atom. The lowest BCUT2D eigenvalue weighted by atomic mass is 10.2. The van der Waals surface area contributed by atoms with Gasteiger partial charge in [0.15, 0.2) is 0 Å². The summed E-state index contributed by atoms with van der Waals surface area (Å²) in [6.07, 6.45) is 0. The molecule has 0 aliphatic heterocycles. The number of sulfonamides is 1. The molecule has 0 heterocycles. The number of ether oxygens (including phenoxy) is 1. The summed E-state index contributed by atoms with van der Waals surface area (Å²) in [5.41, 5.74) is 0.417. The molecule has 20 heavy (non-hydrogen) atoms. The van der Waals surface area contributed by atoms with Crippen molar-refractivity contribution >= 4 is 10.0 Å². The molecule has 0 fully saturated rings. The van der Waals surface area contributed by atoms with E-state index in [4.69, 9.17) is 10.00 Å². The molecule has 0 aliphatic rings. The van der Waals surface area contributed by atoms with Crippen molar-refractivity contribution in [3.63, 3.8) is 0 Å². The molecule has 1 aromatic carbocycles. The van der Waals surface area contributed by atoms with Crippen molar-refractivity contribution in [2.75, 3.05) is 26.8 Å². The van der Waals surface area contributed by atoms with Gasteiger partial charge in [-0.2, -0.15) is 9.57 Å². The van der Waals surface area contributed by atoms with Gasteiger partial charge in [0, 0.05) is 13.7 Å². The highest BCUT2D eigenvalue weighted by atomic mass is 32.2. The van der Waals surface area contributed by atoms with E-state index in [2.05, 4.69) is 11.8 Å². The molecule has 0 saturated carbocycles. The van der Waals surface area contributed by atoms with Gasteiger partial charge in [-0.3, -0.25) is 0 Å². The van der Waals surface area contributed by atoms with Crippen LogP contribution in [0.5, 0.6) is 0 Å². The minimum atomic E-state index is -3.63. The van der Waals surface area contributed by atoms with Crippen molar-refractivity contribution in [3.8, 4) is 17.9 Å². The van der Waals surface area contributed by atoms with Crippen molar-refractivity contribution in [1.82, 2.24) is 4.31 Å². The lowest BCUT2D eigenvalue weighted by Crippen LogP contribution is -2.34. The molecule has 5 nitrogen and oxygen atoms in total. The van der Waals surface area contributed by atoms with E-state index in [-0.39, 0.29) is 18.0 Å². The third-order valence-corrected chi connectivity index (χ3v) is 4.46. The van der Waals surface area contributed by atoms with E-state index >= 15 is 0 Å². The predicted octanol–water partition coefficient (Wildman–Crippen LogP) is 1.22. The number of nitriles is 1. The Hall–Kier alpha value is -1.86. The average molecular weight is 292 g/mol. The third-order valence-electron chi connectivity index (χ3n) is 2.60. The second-order valence-electron chi connectivity index (χ2n) is 3.89. The molecule has 0 bridgehead atoms. The zero-order chi connectivity index (χ0) is 15.0. The molecule has 0 aliphatic carbocycles. The van der Waals surface area contributed by atoms with Crippen LogP contribution in [0.2, 0.25) is 0 Å². The molecule has 0 aromatic heterocycles. The number of hydrogen-bond acceptors (Lipinski definition) is 4. The van der Waals surface area contributed by atoms with Crippen LogP contribution in [0.3, 0.4) is 0 Å². The maximum atomic E-state index is 12.5. The van der Waals surface area contributed by atoms with E-state index < -0.39 is 10.0 Å². The summed E-state index contributed by atoms with van der Waals surface area (Å²) in [5.74, 6) is 5.42. The quantitative estimate of drug-likeness (QED) is 0.739. The Balaban J connectivity index is 3.06. The van der Waals surface area contributed by atoms with Gasteiger partial charge < -0.3 is 4.74 Å². The van der Waals surface area contributed by atoms with Gasteiger partial charge in [-0.15, -0.1) is 5.92 Å². The summed E-state index contributed by atoms with van der Waals surface area (Å²) in [6, 6.07) is 7.76. The van der Waals surface area contributed by atoms with Crippen molar-refractivity contribution in [1.29, 1.82) is 5.26 Å². The van der Waals surface area contributed by atoms with Crippen molar-refractivity contribution in [2.45, 2.75) is 11.8 Å². The lowest BCUT2D eigenvalue weighted by Gasteiger charge is -2.19. The summed E-state index contributed by atoms with van der Waals surface area (Å²) >= 11 is 0. The molecule has 0 unspecified atom stereocenters. The van der Waals surface area contributed by atoms with E-state index in [0.717, 1.165) is 0 Å². The number of benzene rings is 1. The zero-order valence-electron chi connectivity index (χ0n) is 11.5. The Bertz CT molecular complexity index is 634. The second-order valence-corrected chi connectivity index (χ2v) is 5.83. The third kappa shape index (κ3) is 4.07. The van der Waals surface area contributed by atoms with Gasteiger partial charge in [-0.1, -0.05) is 5.92 Å². The Morgan fingerprint density at radius 3 is 2.45 bits per heavy atom. The summed E-state index contributed by atoms with van der Waals surface area (Å²) in [4.78, 5) is 0.144. The van der Waals surface area contributed by atoms with Crippen molar-refractivity contribution in [3.05, 3.63) is 29.8 Å². The predicted molar refractivity (Wildman–Crippen MR) is 75.2 cm³/mol. The summed E-state index contributed by atoms with van der Waals surface area (Å²) < 4.78 is 31.1. The highest BCUT2D eigenvalue weighted by Crippen LogP contribution is 2.16. The number of rotatable bonds is 6. The minimum Gasteiger partial charge on any atom is -0.383 e. The van der Waals surface area contributed by atoms with Gasteiger partial charge in [0.1, 0.15) is 0 Å². The summed E-state index contributed by atoms with van der Waals surface area (Å²) in [7, 11) is -2.12. The van der Waals surface area contributed by atoms with E-state index in [0.29, 0.717) is 12.2 Å². The molecule has 6 heteroatoms. The monoisotopic (exact) mass is 292 g/mol. The SMILES string of the molecule is CC#CCN(CCOC)S(=O)(=O)c1ccc(C#N)cc1. The largest absolute Gasteiger partial charge is 0.383 e. The molecule has 0 N–H and O–H groups in total. The molecular formula is C14H16N2O3S. The van der Waals surface area contributed by atoms with Gasteiger partial charge in [-0.25, -0.2) is 8.42 Å². The van der Waals surface area contributed by atoms with E-state index in [9.17, 15) is 8.42 Å². The van der Waals surface area contributed by atoms with Crippen LogP contribution >= 0.6 is 0 Å². The van der Waals surface area contributed by atoms with Crippen LogP contribution in [0.25, 0.3) is 0 Å². The summed E-state index contributed by atoms with van der Waals surface area (Å²) in [5, 5.41) is 8.73. The van der Waals surface area contributed by atoms with Gasteiger partial charge in [0.2, 0.25) is 10.0 Å². The number of nitrogens with zero attached hydrogens (tertiary/aromatic N) is 2. The number of methoxy groups -OCH3 is 1.